The molecular weight excluding hydrogens is 240 g/mol. The molecule has 0 bridgehead atoms. The summed E-state index contributed by atoms with van der Waals surface area (Å²) in [7, 11) is -2.10. The Kier molecular flexibility index (Phi) is 4.59. The first-order chi connectivity index (χ1) is 8.04. The summed E-state index contributed by atoms with van der Waals surface area (Å²) in [6, 6.07) is 3.60. The molecule has 1 rings (SSSR count). The maximum atomic E-state index is 14.0. The molecule has 0 aliphatic carbocycles. The van der Waals surface area contributed by atoms with Crippen LogP contribution in [0.5, 0.6) is 0 Å². The summed E-state index contributed by atoms with van der Waals surface area (Å²) in [5, 5.41) is 0.212. The van der Waals surface area contributed by atoms with E-state index in [4.69, 9.17) is 5.84 Å². The lowest BCUT2D eigenvalue weighted by atomic mass is 10.4. The highest BCUT2D eigenvalue weighted by Gasteiger charge is 2.35. The Bertz CT molecular complexity index is 363. The van der Waals surface area contributed by atoms with E-state index in [0.29, 0.717) is 0 Å². The maximum Gasteiger partial charge on any atom is 0.216 e. The second-order valence-corrected chi connectivity index (χ2v) is 9.32. The molecule has 0 spiro atoms. The van der Waals surface area contributed by atoms with Crippen LogP contribution in [0.4, 0.5) is 14.6 Å². The van der Waals surface area contributed by atoms with Crippen LogP contribution < -0.4 is 16.5 Å². The third-order valence-corrected chi connectivity index (χ3v) is 9.20. The predicted octanol–water partition coefficient (Wildman–Crippen LogP) is 2.36. The smallest absolute Gasteiger partial charge is 0.216 e. The lowest BCUT2D eigenvalue weighted by Gasteiger charge is -2.28. The molecule has 0 saturated heterocycles. The van der Waals surface area contributed by atoms with Crippen molar-refractivity contribution >= 4 is 19.1 Å². The molecule has 0 radical (unpaired) electrons. The summed E-state index contributed by atoms with van der Waals surface area (Å²) in [5.74, 6) is 3.89. The molecule has 0 fully saturated rings. The van der Waals surface area contributed by atoms with Crippen molar-refractivity contribution in [2.24, 2.45) is 5.84 Å². The maximum absolute atomic E-state index is 14.0. The van der Waals surface area contributed by atoms with Gasteiger partial charge in [-0.2, -0.15) is 4.39 Å². The Morgan fingerprint density at radius 1 is 1.24 bits per heavy atom. The normalized spacial score (nSPS) is 11.6. The molecule has 0 aliphatic heterocycles. The van der Waals surface area contributed by atoms with Gasteiger partial charge in [-0.15, -0.1) is 0 Å². The van der Waals surface area contributed by atoms with Crippen molar-refractivity contribution in [1.29, 1.82) is 0 Å². The molecule has 0 aliphatic rings. The van der Waals surface area contributed by atoms with Crippen molar-refractivity contribution in [3.05, 3.63) is 17.8 Å². The van der Waals surface area contributed by atoms with Crippen molar-refractivity contribution < 1.29 is 8.78 Å². The second kappa shape index (κ2) is 5.55. The fourth-order valence-electron chi connectivity index (χ4n) is 2.31. The van der Waals surface area contributed by atoms with Crippen molar-refractivity contribution in [3.63, 3.8) is 0 Å². The van der Waals surface area contributed by atoms with Gasteiger partial charge in [0, 0.05) is 11.3 Å². The Morgan fingerprint density at radius 3 is 2.12 bits per heavy atom. The van der Waals surface area contributed by atoms with Crippen molar-refractivity contribution in [2.75, 3.05) is 5.43 Å². The standard InChI is InChI=1S/C11H19F2N3Si/c1-4-17(5-2,6-3)10-8(12)7-9(16-14)15-11(10)13/h7H,4-6,14H2,1-3H3,(H,15,16). The summed E-state index contributed by atoms with van der Waals surface area (Å²) in [5.41, 5.74) is 2.17. The van der Waals surface area contributed by atoms with E-state index in [0.717, 1.165) is 18.1 Å². The Hall–Kier alpha value is -1.01. The molecule has 1 aromatic heterocycles. The quantitative estimate of drug-likeness (QED) is 0.369. The minimum atomic E-state index is -2.10. The van der Waals surface area contributed by atoms with Gasteiger partial charge in [-0.05, 0) is 0 Å². The van der Waals surface area contributed by atoms with Crippen LogP contribution in [0.1, 0.15) is 20.8 Å². The molecule has 0 amide bonds. The molecule has 17 heavy (non-hydrogen) atoms. The van der Waals surface area contributed by atoms with Crippen LogP contribution in [0.3, 0.4) is 0 Å². The fraction of sp³-hybridized carbons (Fsp3) is 0.545. The second-order valence-electron chi connectivity index (χ2n) is 4.14. The molecule has 6 heteroatoms. The van der Waals surface area contributed by atoms with Crippen LogP contribution in [0, 0.1) is 11.8 Å². The average molecular weight is 259 g/mol. The van der Waals surface area contributed by atoms with Gasteiger partial charge in [-0.25, -0.2) is 15.2 Å². The number of nitrogen functional groups attached to an aromatic ring is 1. The highest BCUT2D eigenvalue weighted by Crippen LogP contribution is 2.23. The zero-order chi connectivity index (χ0) is 13.1. The third kappa shape index (κ3) is 2.47. The third-order valence-electron chi connectivity index (χ3n) is 3.64. The number of pyridine rings is 1. The van der Waals surface area contributed by atoms with Gasteiger partial charge in [0.25, 0.3) is 0 Å². The number of halogens is 2. The Balaban J connectivity index is 3.39. The molecule has 0 unspecified atom stereocenters. The summed E-state index contributed by atoms with van der Waals surface area (Å²) in [6.45, 7) is 5.98. The molecule has 3 nitrogen and oxygen atoms in total. The van der Waals surface area contributed by atoms with Crippen LogP contribution >= 0.6 is 0 Å². The Labute approximate surface area is 101 Å². The zero-order valence-electron chi connectivity index (χ0n) is 10.5. The number of nitrogens with two attached hydrogens (primary N) is 1. The van der Waals surface area contributed by atoms with Crippen molar-refractivity contribution in [1.82, 2.24) is 4.98 Å². The topological polar surface area (TPSA) is 50.9 Å². The fourth-order valence-corrected chi connectivity index (χ4v) is 5.94. The molecule has 0 aromatic carbocycles. The molecular formula is C11H19F2N3Si. The monoisotopic (exact) mass is 259 g/mol. The Morgan fingerprint density at radius 2 is 1.76 bits per heavy atom. The predicted molar refractivity (Wildman–Crippen MR) is 68.8 cm³/mol. The van der Waals surface area contributed by atoms with E-state index in [9.17, 15) is 8.78 Å². The van der Waals surface area contributed by atoms with Crippen molar-refractivity contribution in [3.8, 4) is 0 Å². The summed E-state index contributed by atoms with van der Waals surface area (Å²) in [6.07, 6.45) is 0. The average Bonchev–Trinajstić information content (AvgIpc) is 2.34. The minimum Gasteiger partial charge on any atom is -0.308 e. The summed E-state index contributed by atoms with van der Waals surface area (Å²) in [4.78, 5) is 3.65. The van der Waals surface area contributed by atoms with Crippen LogP contribution in [0.25, 0.3) is 0 Å². The van der Waals surface area contributed by atoms with Gasteiger partial charge >= 0.3 is 0 Å². The van der Waals surface area contributed by atoms with Gasteiger partial charge in [0.05, 0.1) is 8.07 Å². The van der Waals surface area contributed by atoms with Crippen LogP contribution in [0.2, 0.25) is 18.1 Å². The lowest BCUT2D eigenvalue weighted by molar-refractivity contribution is 0.565. The minimum absolute atomic E-state index is 0.0231. The number of aromatic nitrogens is 1. The zero-order valence-corrected chi connectivity index (χ0v) is 11.5. The molecule has 1 aromatic rings. The van der Waals surface area contributed by atoms with Crippen molar-refractivity contribution in [2.45, 2.75) is 38.9 Å². The number of nitrogens with zero attached hydrogens (tertiary/aromatic N) is 1. The van der Waals surface area contributed by atoms with Gasteiger partial charge in [-0.1, -0.05) is 38.9 Å². The molecule has 96 valence electrons. The van der Waals surface area contributed by atoms with Gasteiger partial charge in [0.2, 0.25) is 5.95 Å². The largest absolute Gasteiger partial charge is 0.308 e. The first kappa shape index (κ1) is 14.0. The van der Waals surface area contributed by atoms with E-state index < -0.39 is 19.8 Å². The van der Waals surface area contributed by atoms with E-state index >= 15 is 0 Å². The van der Waals surface area contributed by atoms with Crippen LogP contribution in [-0.2, 0) is 0 Å². The highest BCUT2D eigenvalue weighted by atomic mass is 28.3. The van der Waals surface area contributed by atoms with E-state index in [1.54, 1.807) is 0 Å². The lowest BCUT2D eigenvalue weighted by Crippen LogP contribution is -2.50. The first-order valence-electron chi connectivity index (χ1n) is 5.87. The van der Waals surface area contributed by atoms with Crippen LogP contribution in [0.15, 0.2) is 6.07 Å². The van der Waals surface area contributed by atoms with Gasteiger partial charge in [-0.3, -0.25) is 0 Å². The number of nitrogens with one attached hydrogen (secondary N) is 1. The summed E-state index contributed by atoms with van der Waals surface area (Å²) >= 11 is 0. The SMILES string of the molecule is CC[Si](CC)(CC)c1c(F)cc(NN)nc1F. The number of hydrazine groups is 1. The number of hydrogen-bond donors (Lipinski definition) is 2. The number of rotatable bonds is 5. The van der Waals surface area contributed by atoms with Gasteiger partial charge in [0.15, 0.2) is 0 Å². The molecule has 3 N–H and O–H groups in total. The number of hydrogen-bond acceptors (Lipinski definition) is 3. The molecule has 1 heterocycles. The van der Waals surface area contributed by atoms with E-state index in [1.807, 2.05) is 20.8 Å². The van der Waals surface area contributed by atoms with E-state index in [-0.39, 0.29) is 11.0 Å². The van der Waals surface area contributed by atoms with E-state index in [1.165, 1.54) is 6.07 Å². The molecule has 0 saturated carbocycles. The van der Waals surface area contributed by atoms with Crippen LogP contribution in [-0.4, -0.2) is 13.1 Å². The number of anilines is 1. The highest BCUT2D eigenvalue weighted by molar-refractivity contribution is 6.91. The van der Waals surface area contributed by atoms with E-state index in [2.05, 4.69) is 10.4 Å². The molecule has 0 atom stereocenters. The first-order valence-corrected chi connectivity index (χ1v) is 8.49. The van der Waals surface area contributed by atoms with Gasteiger partial charge in [0.1, 0.15) is 11.6 Å². The summed E-state index contributed by atoms with van der Waals surface area (Å²) < 4.78 is 28.0. The van der Waals surface area contributed by atoms with Gasteiger partial charge < -0.3 is 5.43 Å².